The van der Waals surface area contributed by atoms with E-state index in [2.05, 4.69) is 16.4 Å². The smallest absolute Gasteiger partial charge is 0.233 e. The van der Waals surface area contributed by atoms with Crippen molar-refractivity contribution in [1.82, 2.24) is 14.5 Å². The topological polar surface area (TPSA) is 73.2 Å². The van der Waals surface area contributed by atoms with Crippen molar-refractivity contribution in [1.29, 1.82) is 0 Å². The van der Waals surface area contributed by atoms with Crippen LogP contribution in [-0.4, -0.2) is 38.0 Å². The summed E-state index contributed by atoms with van der Waals surface area (Å²) in [6.07, 6.45) is 5.01. The van der Waals surface area contributed by atoms with Gasteiger partial charge in [0, 0.05) is 37.6 Å². The van der Waals surface area contributed by atoms with Gasteiger partial charge < -0.3 is 4.74 Å². The Morgan fingerprint density at radius 3 is 2.78 bits per heavy atom. The maximum atomic E-state index is 11.5. The van der Waals surface area contributed by atoms with E-state index in [1.54, 1.807) is 6.20 Å². The van der Waals surface area contributed by atoms with Gasteiger partial charge in [-0.1, -0.05) is 6.58 Å². The third kappa shape index (κ3) is 2.80. The molecule has 18 heavy (non-hydrogen) atoms. The number of nitrogens with one attached hydrogen (secondary N) is 1. The highest BCUT2D eigenvalue weighted by atomic mass is 32.2. The van der Waals surface area contributed by atoms with Crippen molar-refractivity contribution in [3.05, 3.63) is 30.4 Å². The second kappa shape index (κ2) is 5.21. The molecule has 1 aliphatic rings. The molecule has 1 aliphatic heterocycles. The van der Waals surface area contributed by atoms with E-state index in [-0.39, 0.29) is 5.54 Å². The van der Waals surface area contributed by atoms with Crippen LogP contribution >= 0.6 is 0 Å². The Labute approximate surface area is 107 Å². The molecule has 1 aromatic rings. The van der Waals surface area contributed by atoms with Crippen molar-refractivity contribution in [3.63, 3.8) is 0 Å². The number of sulfonamides is 1. The molecule has 0 aromatic carbocycles. The highest BCUT2D eigenvalue weighted by molar-refractivity contribution is 7.92. The number of nitrogens with zero attached hydrogens (tertiary/aromatic N) is 2. The van der Waals surface area contributed by atoms with Crippen molar-refractivity contribution in [3.8, 4) is 0 Å². The Morgan fingerprint density at radius 2 is 2.22 bits per heavy atom. The van der Waals surface area contributed by atoms with Gasteiger partial charge in [0.15, 0.2) is 0 Å². The highest BCUT2D eigenvalue weighted by Gasteiger charge is 2.35. The van der Waals surface area contributed by atoms with Gasteiger partial charge in [0.2, 0.25) is 10.0 Å². The minimum Gasteiger partial charge on any atom is -0.381 e. The molecule has 100 valence electrons. The van der Waals surface area contributed by atoms with E-state index in [9.17, 15) is 8.42 Å². The lowest BCUT2D eigenvalue weighted by Gasteiger charge is -2.37. The monoisotopic (exact) mass is 271 g/mol. The van der Waals surface area contributed by atoms with Crippen LogP contribution in [0.1, 0.15) is 12.8 Å². The van der Waals surface area contributed by atoms with Gasteiger partial charge in [-0.15, -0.1) is 0 Å². The second-order valence-electron chi connectivity index (χ2n) is 4.32. The molecule has 2 heterocycles. The molecule has 1 saturated heterocycles. The summed E-state index contributed by atoms with van der Waals surface area (Å²) in [5.74, 6) is 0. The summed E-state index contributed by atoms with van der Waals surface area (Å²) in [6.45, 7) is 4.80. The third-order valence-corrected chi connectivity index (χ3v) is 4.22. The first-order valence-corrected chi connectivity index (χ1v) is 7.33. The van der Waals surface area contributed by atoms with Gasteiger partial charge in [0.05, 0.1) is 5.54 Å². The van der Waals surface area contributed by atoms with Crippen LogP contribution in [0.4, 0.5) is 0 Å². The zero-order chi connectivity index (χ0) is 13.1. The standard InChI is InChI=1S/C11H17N3O3S/c1-2-18(15,16)13-10-11(4-8-17-9-5-11)14-7-3-6-12-14/h2-3,6-7,13H,1,4-5,8-10H2. The Balaban J connectivity index is 2.18. The summed E-state index contributed by atoms with van der Waals surface area (Å²) in [7, 11) is -3.42. The molecular formula is C11H17N3O3S. The summed E-state index contributed by atoms with van der Waals surface area (Å²) < 4.78 is 32.6. The van der Waals surface area contributed by atoms with Crippen molar-refractivity contribution in [2.45, 2.75) is 18.4 Å². The van der Waals surface area contributed by atoms with Crippen molar-refractivity contribution in [2.24, 2.45) is 0 Å². The van der Waals surface area contributed by atoms with Gasteiger partial charge in [0.25, 0.3) is 0 Å². The van der Waals surface area contributed by atoms with Crippen LogP contribution in [0.2, 0.25) is 0 Å². The molecule has 0 aliphatic carbocycles. The maximum Gasteiger partial charge on any atom is 0.233 e. The van der Waals surface area contributed by atoms with E-state index < -0.39 is 10.0 Å². The molecule has 1 fully saturated rings. The molecule has 0 atom stereocenters. The van der Waals surface area contributed by atoms with Gasteiger partial charge in [-0.25, -0.2) is 13.1 Å². The molecule has 0 radical (unpaired) electrons. The van der Waals surface area contributed by atoms with E-state index in [1.165, 1.54) is 0 Å². The molecule has 0 spiro atoms. The lowest BCUT2D eigenvalue weighted by atomic mass is 9.90. The van der Waals surface area contributed by atoms with E-state index in [0.29, 0.717) is 19.8 Å². The fourth-order valence-corrected chi connectivity index (χ4v) is 2.67. The molecule has 7 heteroatoms. The minimum absolute atomic E-state index is 0.298. The van der Waals surface area contributed by atoms with Crippen LogP contribution < -0.4 is 4.72 Å². The fourth-order valence-electron chi connectivity index (χ4n) is 2.08. The maximum absolute atomic E-state index is 11.5. The van der Waals surface area contributed by atoms with Gasteiger partial charge in [-0.3, -0.25) is 4.68 Å². The summed E-state index contributed by atoms with van der Waals surface area (Å²) in [5, 5.41) is 5.16. The van der Waals surface area contributed by atoms with Gasteiger partial charge in [-0.2, -0.15) is 5.10 Å². The SMILES string of the molecule is C=CS(=O)(=O)NCC1(n2cccn2)CCOCC1. The fraction of sp³-hybridized carbons (Fsp3) is 0.545. The first-order chi connectivity index (χ1) is 8.58. The van der Waals surface area contributed by atoms with Crippen LogP contribution in [0.25, 0.3) is 0 Å². The van der Waals surface area contributed by atoms with Crippen LogP contribution in [0.5, 0.6) is 0 Å². The molecule has 6 nitrogen and oxygen atoms in total. The van der Waals surface area contributed by atoms with Crippen LogP contribution in [0, 0.1) is 0 Å². The Bertz CT molecular complexity index is 490. The molecular weight excluding hydrogens is 254 g/mol. The molecule has 0 amide bonds. The summed E-state index contributed by atoms with van der Waals surface area (Å²) in [6, 6.07) is 1.83. The predicted octanol–water partition coefficient (Wildman–Crippen LogP) is 0.452. The molecule has 0 bridgehead atoms. The van der Waals surface area contributed by atoms with E-state index in [4.69, 9.17) is 4.74 Å². The normalized spacial score (nSPS) is 19.6. The number of hydrogen-bond acceptors (Lipinski definition) is 4. The average Bonchev–Trinajstić information content (AvgIpc) is 2.92. The molecule has 0 unspecified atom stereocenters. The van der Waals surface area contributed by atoms with Crippen molar-refractivity contribution < 1.29 is 13.2 Å². The molecule has 2 rings (SSSR count). The second-order valence-corrected chi connectivity index (χ2v) is 6.03. The Morgan fingerprint density at radius 1 is 1.50 bits per heavy atom. The summed E-state index contributed by atoms with van der Waals surface area (Å²) in [4.78, 5) is 0. The zero-order valence-corrected chi connectivity index (χ0v) is 10.9. The van der Waals surface area contributed by atoms with Gasteiger partial charge >= 0.3 is 0 Å². The first kappa shape index (κ1) is 13.3. The van der Waals surface area contributed by atoms with Gasteiger partial charge in [0.1, 0.15) is 0 Å². The quantitative estimate of drug-likeness (QED) is 0.844. The van der Waals surface area contributed by atoms with Crippen LogP contribution in [0.3, 0.4) is 0 Å². The molecule has 1 N–H and O–H groups in total. The van der Waals surface area contributed by atoms with Gasteiger partial charge in [-0.05, 0) is 18.9 Å². The highest BCUT2D eigenvalue weighted by Crippen LogP contribution is 2.28. The van der Waals surface area contributed by atoms with E-state index in [0.717, 1.165) is 18.2 Å². The van der Waals surface area contributed by atoms with E-state index in [1.807, 2.05) is 16.9 Å². The third-order valence-electron chi connectivity index (χ3n) is 3.24. The minimum atomic E-state index is -3.42. The summed E-state index contributed by atoms with van der Waals surface area (Å²) in [5.41, 5.74) is -0.349. The first-order valence-electron chi connectivity index (χ1n) is 5.78. The largest absolute Gasteiger partial charge is 0.381 e. The summed E-state index contributed by atoms with van der Waals surface area (Å²) >= 11 is 0. The Kier molecular flexibility index (Phi) is 3.84. The molecule has 0 saturated carbocycles. The average molecular weight is 271 g/mol. The number of aromatic nitrogens is 2. The zero-order valence-electron chi connectivity index (χ0n) is 10.1. The number of ether oxygens (including phenoxy) is 1. The number of rotatable bonds is 5. The predicted molar refractivity (Wildman–Crippen MR) is 67.4 cm³/mol. The van der Waals surface area contributed by atoms with Crippen molar-refractivity contribution >= 4 is 10.0 Å². The number of hydrogen-bond donors (Lipinski definition) is 1. The van der Waals surface area contributed by atoms with Crippen molar-refractivity contribution in [2.75, 3.05) is 19.8 Å². The lowest BCUT2D eigenvalue weighted by molar-refractivity contribution is 0.0176. The van der Waals surface area contributed by atoms with E-state index >= 15 is 0 Å². The van der Waals surface area contributed by atoms with Crippen LogP contribution in [0.15, 0.2) is 30.4 Å². The van der Waals surface area contributed by atoms with Crippen LogP contribution in [-0.2, 0) is 20.3 Å². The molecule has 1 aromatic heterocycles. The Hall–Kier alpha value is -1.18. The lowest BCUT2D eigenvalue weighted by Crippen LogP contribution is -2.48.